The number of nitrogens with zero attached hydrogens (tertiary/aromatic N) is 3. The number of fused-ring (bicyclic) bond motifs is 3. The number of halogens is 2. The highest BCUT2D eigenvalue weighted by atomic mass is 32.1. The fourth-order valence-electron chi connectivity index (χ4n) is 4.10. The summed E-state index contributed by atoms with van der Waals surface area (Å²) in [6.45, 7) is 5.71. The SMILES string of the molecule is CCN1C(=O)/C2=C(\O)C(=O)/C(c3nnc(Cc4ccc(F)cc4F)s3)=C\NNC1C(C)OC(C)C2. The van der Waals surface area contributed by atoms with E-state index >= 15 is 0 Å². The second-order valence-corrected chi connectivity index (χ2v) is 9.37. The van der Waals surface area contributed by atoms with Gasteiger partial charge in [-0.2, -0.15) is 0 Å². The number of aliphatic hydroxyl groups is 1. The second-order valence-electron chi connectivity index (χ2n) is 8.31. The number of amides is 1. The summed E-state index contributed by atoms with van der Waals surface area (Å²) in [6.07, 6.45) is 0.0322. The number of benzene rings is 1. The summed E-state index contributed by atoms with van der Waals surface area (Å²) >= 11 is 1.02. The van der Waals surface area contributed by atoms with Crippen LogP contribution in [0.5, 0.6) is 0 Å². The molecule has 3 unspecified atom stereocenters. The van der Waals surface area contributed by atoms with Crippen LogP contribution < -0.4 is 10.9 Å². The molecule has 0 radical (unpaired) electrons. The number of carbonyl (C=O) groups excluding carboxylic acids is 2. The van der Waals surface area contributed by atoms with Crippen LogP contribution in [-0.4, -0.2) is 56.8 Å². The third kappa shape index (κ3) is 5.09. The van der Waals surface area contributed by atoms with E-state index in [1.165, 1.54) is 17.2 Å². The van der Waals surface area contributed by atoms with Gasteiger partial charge in [0.05, 0.1) is 23.4 Å². The van der Waals surface area contributed by atoms with E-state index in [2.05, 4.69) is 21.0 Å². The van der Waals surface area contributed by atoms with Gasteiger partial charge in [0.1, 0.15) is 22.8 Å². The molecule has 9 nitrogen and oxygen atoms in total. The summed E-state index contributed by atoms with van der Waals surface area (Å²) in [6, 6.07) is 3.25. The average Bonchev–Trinajstić information content (AvgIpc) is 3.27. The molecule has 0 spiro atoms. The van der Waals surface area contributed by atoms with Crippen LogP contribution in [-0.2, 0) is 20.7 Å². The molecule has 35 heavy (non-hydrogen) atoms. The molecular weight excluding hydrogens is 480 g/mol. The molecule has 2 aliphatic heterocycles. The minimum Gasteiger partial charge on any atom is -0.504 e. The Balaban J connectivity index is 1.71. The van der Waals surface area contributed by atoms with Crippen molar-refractivity contribution in [2.24, 2.45) is 0 Å². The van der Waals surface area contributed by atoms with Crippen molar-refractivity contribution in [3.8, 4) is 0 Å². The molecule has 12 heteroatoms. The first kappa shape index (κ1) is 24.9. The van der Waals surface area contributed by atoms with Gasteiger partial charge in [-0.3, -0.25) is 9.59 Å². The van der Waals surface area contributed by atoms with Crippen molar-refractivity contribution in [2.45, 2.75) is 52.0 Å². The van der Waals surface area contributed by atoms with Crippen molar-refractivity contribution in [1.29, 1.82) is 0 Å². The molecule has 1 saturated heterocycles. The number of hydrazine groups is 1. The maximum atomic E-state index is 14.1. The van der Waals surface area contributed by atoms with E-state index in [9.17, 15) is 23.5 Å². The first-order chi connectivity index (χ1) is 16.7. The molecule has 0 aliphatic carbocycles. The molecule has 0 saturated carbocycles. The Morgan fingerprint density at radius 3 is 2.74 bits per heavy atom. The Labute approximate surface area is 204 Å². The maximum Gasteiger partial charge on any atom is 0.255 e. The Bertz CT molecular complexity index is 1210. The van der Waals surface area contributed by atoms with Crippen molar-refractivity contribution in [3.05, 3.63) is 62.9 Å². The van der Waals surface area contributed by atoms with Crippen LogP contribution in [0.25, 0.3) is 5.57 Å². The number of aliphatic hydroxyl groups excluding tert-OH is 1. The van der Waals surface area contributed by atoms with Gasteiger partial charge in [-0.25, -0.2) is 14.2 Å². The predicted octanol–water partition coefficient (Wildman–Crippen LogP) is 2.61. The van der Waals surface area contributed by atoms with Crippen LogP contribution in [0.4, 0.5) is 8.78 Å². The molecule has 3 atom stereocenters. The van der Waals surface area contributed by atoms with Crippen LogP contribution in [0.1, 0.15) is 42.8 Å². The van der Waals surface area contributed by atoms with Crippen LogP contribution in [0.15, 0.2) is 35.7 Å². The Kier molecular flexibility index (Phi) is 7.24. The zero-order chi connectivity index (χ0) is 25.3. The lowest BCUT2D eigenvalue weighted by Gasteiger charge is -2.39. The van der Waals surface area contributed by atoms with E-state index in [0.29, 0.717) is 11.6 Å². The fourth-order valence-corrected chi connectivity index (χ4v) is 4.98. The molecule has 4 rings (SSSR count). The number of carbonyl (C=O) groups is 2. The van der Waals surface area contributed by atoms with E-state index < -0.39 is 47.5 Å². The third-order valence-corrected chi connectivity index (χ3v) is 6.78. The van der Waals surface area contributed by atoms with Gasteiger partial charge in [0.15, 0.2) is 10.8 Å². The molecule has 186 valence electrons. The molecule has 2 aliphatic rings. The highest BCUT2D eigenvalue weighted by molar-refractivity contribution is 7.12. The molecule has 3 heterocycles. The van der Waals surface area contributed by atoms with Crippen LogP contribution in [0.2, 0.25) is 0 Å². The van der Waals surface area contributed by atoms with Gasteiger partial charge in [0.25, 0.3) is 5.91 Å². The zero-order valence-corrected chi connectivity index (χ0v) is 20.2. The van der Waals surface area contributed by atoms with Gasteiger partial charge in [-0.15, -0.1) is 10.2 Å². The minimum atomic E-state index is -0.811. The number of ether oxygens (including phenoxy) is 1. The summed E-state index contributed by atoms with van der Waals surface area (Å²) in [5, 5.41) is 19.5. The smallest absolute Gasteiger partial charge is 0.255 e. The van der Waals surface area contributed by atoms with Crippen molar-refractivity contribution in [2.75, 3.05) is 6.54 Å². The summed E-state index contributed by atoms with van der Waals surface area (Å²) in [7, 11) is 0. The predicted molar refractivity (Wildman–Crippen MR) is 124 cm³/mol. The van der Waals surface area contributed by atoms with Gasteiger partial charge in [-0.05, 0) is 32.4 Å². The molecule has 3 N–H and O–H groups in total. The van der Waals surface area contributed by atoms with Gasteiger partial charge in [-0.1, -0.05) is 17.4 Å². The highest BCUT2D eigenvalue weighted by Crippen LogP contribution is 2.29. The number of likely N-dealkylation sites (N-methyl/N-ethyl adjacent to an activating group) is 1. The quantitative estimate of drug-likeness (QED) is 0.581. The lowest BCUT2D eigenvalue weighted by Crippen LogP contribution is -2.60. The summed E-state index contributed by atoms with van der Waals surface area (Å²) in [4.78, 5) is 28.1. The van der Waals surface area contributed by atoms with Gasteiger partial charge in [0, 0.05) is 31.7 Å². The molecule has 1 aromatic carbocycles. The molecule has 1 amide bonds. The number of ketones is 1. The third-order valence-electron chi connectivity index (χ3n) is 5.83. The van der Waals surface area contributed by atoms with E-state index in [4.69, 9.17) is 4.74 Å². The van der Waals surface area contributed by atoms with Crippen LogP contribution in [0.3, 0.4) is 0 Å². The number of rotatable bonds is 4. The topological polar surface area (TPSA) is 117 Å². The number of aromatic nitrogens is 2. The number of Topliss-reactive ketones (excluding diaryl/α,β-unsaturated/α-hetero) is 1. The van der Waals surface area contributed by atoms with Gasteiger partial charge in [0.2, 0.25) is 5.78 Å². The fraction of sp³-hybridized carbons (Fsp3) is 0.391. The highest BCUT2D eigenvalue weighted by Gasteiger charge is 2.38. The summed E-state index contributed by atoms with van der Waals surface area (Å²) in [5.41, 5.74) is 6.00. The van der Waals surface area contributed by atoms with Gasteiger partial charge >= 0.3 is 0 Å². The lowest BCUT2D eigenvalue weighted by atomic mass is 9.99. The lowest BCUT2D eigenvalue weighted by molar-refractivity contribution is -0.140. The first-order valence-corrected chi connectivity index (χ1v) is 11.9. The summed E-state index contributed by atoms with van der Waals surface area (Å²) < 4.78 is 33.2. The number of hydrogen-bond donors (Lipinski definition) is 3. The monoisotopic (exact) mass is 505 g/mol. The van der Waals surface area contributed by atoms with E-state index in [1.807, 2.05) is 6.92 Å². The number of allylic oxidation sites excluding steroid dienone is 1. The van der Waals surface area contributed by atoms with Gasteiger partial charge < -0.3 is 20.2 Å². The van der Waals surface area contributed by atoms with E-state index in [0.717, 1.165) is 23.5 Å². The van der Waals surface area contributed by atoms with Crippen LogP contribution >= 0.6 is 11.3 Å². The average molecular weight is 506 g/mol. The van der Waals surface area contributed by atoms with Crippen LogP contribution in [0, 0.1) is 11.6 Å². The van der Waals surface area contributed by atoms with E-state index in [1.54, 1.807) is 13.8 Å². The standard InChI is InChI=1S/C23H25F2N5O4S/c1-4-30-21-12(3)34-11(2)7-15(23(30)33)19(31)20(32)16(10-26-28-21)22-29-27-18(35-22)8-13-5-6-14(24)9-17(13)25/h5-6,9-12,21,26,28,31H,4,7-8H2,1-3H3/b16-10+,19-15-. The molecular formula is C23H25F2N5O4S. The van der Waals surface area contributed by atoms with Crippen molar-refractivity contribution >= 4 is 28.6 Å². The number of nitrogens with one attached hydrogen (secondary N) is 2. The normalized spacial score (nSPS) is 27.2. The Morgan fingerprint density at radius 1 is 1.26 bits per heavy atom. The second kappa shape index (κ2) is 10.2. The maximum absolute atomic E-state index is 14.1. The van der Waals surface area contributed by atoms with Crippen molar-refractivity contribution in [1.82, 2.24) is 25.9 Å². The van der Waals surface area contributed by atoms with Crippen molar-refractivity contribution < 1.29 is 28.2 Å². The molecule has 2 aromatic rings. The largest absolute Gasteiger partial charge is 0.504 e. The number of hydrogen-bond acceptors (Lipinski definition) is 9. The van der Waals surface area contributed by atoms with E-state index in [-0.39, 0.29) is 34.6 Å². The first-order valence-electron chi connectivity index (χ1n) is 11.1. The Hall–Kier alpha value is -3.22. The minimum absolute atomic E-state index is 0.0193. The zero-order valence-electron chi connectivity index (χ0n) is 19.3. The molecule has 1 aromatic heterocycles. The summed E-state index contributed by atoms with van der Waals surface area (Å²) in [5.74, 6) is -3.36. The molecule has 1 fully saturated rings. The molecule has 2 bridgehead atoms. The Morgan fingerprint density at radius 2 is 2.03 bits per heavy atom. The van der Waals surface area contributed by atoms with Crippen molar-refractivity contribution in [3.63, 3.8) is 0 Å².